The Labute approximate surface area is 158 Å². The molecule has 7 nitrogen and oxygen atoms in total. The third-order valence-electron chi connectivity index (χ3n) is 5.22. The maximum Gasteiger partial charge on any atom is 0.224 e. The zero-order valence-electron chi connectivity index (χ0n) is 15.0. The van der Waals surface area contributed by atoms with E-state index >= 15 is 0 Å². The van der Waals surface area contributed by atoms with E-state index in [4.69, 9.17) is 0 Å². The number of carbonyl (C=O) groups is 1. The molecule has 140 valence electrons. The summed E-state index contributed by atoms with van der Waals surface area (Å²) in [5.41, 5.74) is 0. The van der Waals surface area contributed by atoms with Crippen LogP contribution in [0.4, 0.5) is 5.13 Å². The van der Waals surface area contributed by atoms with Gasteiger partial charge in [0.2, 0.25) is 16.2 Å². The van der Waals surface area contributed by atoms with Crippen LogP contribution in [0.3, 0.4) is 0 Å². The molecule has 0 spiro atoms. The first-order valence-electron chi connectivity index (χ1n) is 9.51. The third kappa shape index (κ3) is 4.07. The molecule has 1 unspecified atom stereocenters. The molecular weight excluding hydrogens is 348 g/mol. The zero-order valence-corrected chi connectivity index (χ0v) is 15.8. The Bertz CT molecular complexity index is 709. The van der Waals surface area contributed by atoms with E-state index in [0.717, 1.165) is 49.3 Å². The molecule has 2 aliphatic rings. The van der Waals surface area contributed by atoms with Crippen LogP contribution in [0.5, 0.6) is 0 Å². The van der Waals surface area contributed by atoms with E-state index in [1.807, 2.05) is 29.1 Å². The van der Waals surface area contributed by atoms with E-state index in [1.54, 1.807) is 11.3 Å². The van der Waals surface area contributed by atoms with Crippen molar-refractivity contribution < 1.29 is 4.79 Å². The lowest BCUT2D eigenvalue weighted by Gasteiger charge is -2.31. The molecule has 2 aliphatic heterocycles. The Kier molecular flexibility index (Phi) is 5.50. The fourth-order valence-corrected chi connectivity index (χ4v) is 4.60. The van der Waals surface area contributed by atoms with Crippen molar-refractivity contribution in [2.45, 2.75) is 25.7 Å². The van der Waals surface area contributed by atoms with E-state index < -0.39 is 0 Å². The number of amides is 1. The summed E-state index contributed by atoms with van der Waals surface area (Å²) in [6.45, 7) is 5.75. The predicted octanol–water partition coefficient (Wildman–Crippen LogP) is 1.76. The molecule has 4 rings (SSSR count). The number of likely N-dealkylation sites (tertiary alicyclic amines) is 1. The molecule has 26 heavy (non-hydrogen) atoms. The van der Waals surface area contributed by atoms with Gasteiger partial charge in [-0.25, -0.2) is 0 Å². The Morgan fingerprint density at radius 3 is 2.69 bits per heavy atom. The van der Waals surface area contributed by atoms with Gasteiger partial charge >= 0.3 is 0 Å². The third-order valence-corrected chi connectivity index (χ3v) is 6.22. The van der Waals surface area contributed by atoms with Crippen LogP contribution in [-0.4, -0.2) is 64.8 Å². The van der Waals surface area contributed by atoms with Crippen molar-refractivity contribution in [3.63, 3.8) is 0 Å². The molecule has 1 amide bonds. The quantitative estimate of drug-likeness (QED) is 0.835. The maximum atomic E-state index is 12.5. The van der Waals surface area contributed by atoms with Crippen LogP contribution in [-0.2, 0) is 4.79 Å². The smallest absolute Gasteiger partial charge is 0.224 e. The number of hydrogen-bond donors (Lipinski definition) is 1. The molecule has 2 saturated heterocycles. The molecule has 0 radical (unpaired) electrons. The molecular formula is C18H26N6OS. The number of piperidine rings is 1. The minimum absolute atomic E-state index is 0.0428. The minimum Gasteiger partial charge on any atom is -0.355 e. The first-order valence-corrected chi connectivity index (χ1v) is 10.3. The summed E-state index contributed by atoms with van der Waals surface area (Å²) < 4.78 is 1.97. The van der Waals surface area contributed by atoms with E-state index in [1.165, 1.54) is 25.9 Å². The second-order valence-corrected chi connectivity index (χ2v) is 8.02. The van der Waals surface area contributed by atoms with Crippen LogP contribution in [0.2, 0.25) is 0 Å². The molecule has 1 N–H and O–H groups in total. The summed E-state index contributed by atoms with van der Waals surface area (Å²) in [4.78, 5) is 17.2. The number of nitrogens with one attached hydrogen (secondary N) is 1. The number of carbonyl (C=O) groups excluding carboxylic acids is 1. The average Bonchev–Trinajstić information content (AvgIpc) is 3.42. The minimum atomic E-state index is 0.0428. The standard InChI is InChI=1S/C18H26N6OS/c25-16(19-7-13-22-8-1-2-9-22)15-6-5-12-24(14-15)18-21-20-17(26-18)23-10-3-4-11-23/h3-4,10-11,15H,1-2,5-9,12-14H2,(H,19,25). The highest BCUT2D eigenvalue weighted by Crippen LogP contribution is 2.27. The van der Waals surface area contributed by atoms with Gasteiger partial charge in [0.15, 0.2) is 0 Å². The van der Waals surface area contributed by atoms with Gasteiger partial charge in [-0.2, -0.15) is 0 Å². The van der Waals surface area contributed by atoms with Gasteiger partial charge in [0.25, 0.3) is 0 Å². The SMILES string of the molecule is O=C(NCCN1CCCC1)C1CCCN(c2nnc(-n3cccc3)s2)C1. The number of rotatable bonds is 6. The van der Waals surface area contributed by atoms with Crippen molar-refractivity contribution >= 4 is 22.4 Å². The Hall–Kier alpha value is -1.93. The highest BCUT2D eigenvalue weighted by molar-refractivity contribution is 7.17. The molecule has 4 heterocycles. The van der Waals surface area contributed by atoms with Crippen molar-refractivity contribution in [3.8, 4) is 5.13 Å². The van der Waals surface area contributed by atoms with Crippen LogP contribution in [0, 0.1) is 5.92 Å². The average molecular weight is 375 g/mol. The van der Waals surface area contributed by atoms with Crippen molar-refractivity contribution in [3.05, 3.63) is 24.5 Å². The number of anilines is 1. The first-order chi connectivity index (χ1) is 12.8. The summed E-state index contributed by atoms with van der Waals surface area (Å²) in [6.07, 6.45) is 8.49. The Morgan fingerprint density at radius 1 is 1.12 bits per heavy atom. The van der Waals surface area contributed by atoms with Crippen LogP contribution >= 0.6 is 11.3 Å². The summed E-state index contributed by atoms with van der Waals surface area (Å²) in [6, 6.07) is 3.95. The lowest BCUT2D eigenvalue weighted by molar-refractivity contribution is -0.125. The van der Waals surface area contributed by atoms with Crippen molar-refractivity contribution in [2.24, 2.45) is 5.92 Å². The second-order valence-electron chi connectivity index (χ2n) is 7.08. The van der Waals surface area contributed by atoms with Gasteiger partial charge < -0.3 is 15.1 Å². The largest absolute Gasteiger partial charge is 0.355 e. The molecule has 2 aromatic heterocycles. The molecule has 2 aromatic rings. The molecule has 0 saturated carbocycles. The van der Waals surface area contributed by atoms with Crippen LogP contribution < -0.4 is 10.2 Å². The van der Waals surface area contributed by atoms with E-state index in [-0.39, 0.29) is 11.8 Å². The summed E-state index contributed by atoms with van der Waals surface area (Å²) in [5, 5.41) is 13.5. The molecule has 1 atom stereocenters. The lowest BCUT2D eigenvalue weighted by Crippen LogP contribution is -2.44. The summed E-state index contributed by atoms with van der Waals surface area (Å²) in [5.74, 6) is 0.227. The highest BCUT2D eigenvalue weighted by Gasteiger charge is 2.27. The van der Waals surface area contributed by atoms with Gasteiger partial charge in [0, 0.05) is 38.6 Å². The number of aromatic nitrogens is 3. The van der Waals surface area contributed by atoms with Crippen LogP contribution in [0.1, 0.15) is 25.7 Å². The Balaban J connectivity index is 1.30. The topological polar surface area (TPSA) is 66.3 Å². The summed E-state index contributed by atoms with van der Waals surface area (Å²) in [7, 11) is 0. The van der Waals surface area contributed by atoms with Crippen molar-refractivity contribution in [2.75, 3.05) is 44.2 Å². The van der Waals surface area contributed by atoms with Gasteiger partial charge in [-0.3, -0.25) is 9.36 Å². The fraction of sp³-hybridized carbons (Fsp3) is 0.611. The summed E-state index contributed by atoms with van der Waals surface area (Å²) >= 11 is 1.57. The van der Waals surface area contributed by atoms with E-state index in [9.17, 15) is 4.79 Å². The van der Waals surface area contributed by atoms with Crippen molar-refractivity contribution in [1.29, 1.82) is 0 Å². The lowest BCUT2D eigenvalue weighted by atomic mass is 9.97. The van der Waals surface area contributed by atoms with Crippen LogP contribution in [0.25, 0.3) is 5.13 Å². The Morgan fingerprint density at radius 2 is 1.88 bits per heavy atom. The van der Waals surface area contributed by atoms with E-state index in [0.29, 0.717) is 0 Å². The number of nitrogens with zero attached hydrogens (tertiary/aromatic N) is 5. The molecule has 0 aromatic carbocycles. The first kappa shape index (κ1) is 17.5. The van der Waals surface area contributed by atoms with Crippen LogP contribution in [0.15, 0.2) is 24.5 Å². The van der Waals surface area contributed by atoms with E-state index in [2.05, 4.69) is 25.3 Å². The highest BCUT2D eigenvalue weighted by atomic mass is 32.1. The van der Waals surface area contributed by atoms with Gasteiger partial charge in [-0.05, 0) is 50.9 Å². The van der Waals surface area contributed by atoms with Gasteiger partial charge in [0.05, 0.1) is 5.92 Å². The van der Waals surface area contributed by atoms with Crippen molar-refractivity contribution in [1.82, 2.24) is 25.0 Å². The van der Waals surface area contributed by atoms with Gasteiger partial charge in [-0.1, -0.05) is 11.3 Å². The zero-order chi connectivity index (χ0) is 17.8. The van der Waals surface area contributed by atoms with Gasteiger partial charge in [0.1, 0.15) is 0 Å². The number of hydrogen-bond acceptors (Lipinski definition) is 6. The van der Waals surface area contributed by atoms with Gasteiger partial charge in [-0.15, -0.1) is 10.2 Å². The monoisotopic (exact) mass is 374 g/mol. The predicted molar refractivity (Wildman–Crippen MR) is 103 cm³/mol. The second kappa shape index (κ2) is 8.18. The molecule has 0 bridgehead atoms. The molecule has 0 aliphatic carbocycles. The molecule has 8 heteroatoms. The normalized spacial score (nSPS) is 21.2. The molecule has 2 fully saturated rings. The fourth-order valence-electron chi connectivity index (χ4n) is 3.75. The maximum absolute atomic E-state index is 12.5.